The molecular formula is C8H6BrNO4. The number of aromatic nitrogens is 1. The molecule has 1 N–H and O–H groups in total. The van der Waals surface area contributed by atoms with Gasteiger partial charge in [0.05, 0.1) is 12.7 Å². The zero-order chi connectivity index (χ0) is 10.7. The average molecular weight is 260 g/mol. The fraction of sp³-hybridized carbons (Fsp3) is 0.125. The fourth-order valence-electron chi connectivity index (χ4n) is 0.862. The maximum Gasteiger partial charge on any atom is 0.357 e. The third-order valence-electron chi connectivity index (χ3n) is 1.46. The number of carboxylic acids is 1. The molecule has 6 heteroatoms. The molecule has 0 aliphatic heterocycles. The molecule has 14 heavy (non-hydrogen) atoms. The molecular weight excluding hydrogens is 254 g/mol. The number of nitrogens with zero attached hydrogens (tertiary/aromatic N) is 1. The Morgan fingerprint density at radius 2 is 2.21 bits per heavy atom. The van der Waals surface area contributed by atoms with Gasteiger partial charge in [-0.05, 0) is 22.0 Å². The Kier molecular flexibility index (Phi) is 3.19. The smallest absolute Gasteiger partial charge is 0.357 e. The van der Waals surface area contributed by atoms with Gasteiger partial charge in [-0.1, -0.05) is 0 Å². The number of carbonyl (C=O) groups excluding carboxylic acids is 1. The lowest BCUT2D eigenvalue weighted by Gasteiger charge is -2.02. The first kappa shape index (κ1) is 10.6. The van der Waals surface area contributed by atoms with Gasteiger partial charge in [-0.2, -0.15) is 0 Å². The van der Waals surface area contributed by atoms with Gasteiger partial charge in [-0.3, -0.25) is 0 Å². The predicted molar refractivity (Wildman–Crippen MR) is 50.2 cm³/mol. The SMILES string of the molecule is COC(=O)c1ncc(Br)cc1C(=O)O. The Labute approximate surface area is 87.8 Å². The van der Waals surface area contributed by atoms with Crippen molar-refractivity contribution in [2.75, 3.05) is 7.11 Å². The number of hydrogen-bond acceptors (Lipinski definition) is 4. The van der Waals surface area contributed by atoms with Crippen molar-refractivity contribution < 1.29 is 19.4 Å². The number of ether oxygens (including phenoxy) is 1. The van der Waals surface area contributed by atoms with Crippen molar-refractivity contribution in [3.8, 4) is 0 Å². The molecule has 0 amide bonds. The van der Waals surface area contributed by atoms with Gasteiger partial charge in [0.25, 0.3) is 0 Å². The van der Waals surface area contributed by atoms with Crippen molar-refractivity contribution in [3.63, 3.8) is 0 Å². The highest BCUT2D eigenvalue weighted by atomic mass is 79.9. The molecule has 0 spiro atoms. The highest BCUT2D eigenvalue weighted by molar-refractivity contribution is 9.10. The number of aromatic carboxylic acids is 1. The topological polar surface area (TPSA) is 76.5 Å². The molecule has 1 aromatic rings. The summed E-state index contributed by atoms with van der Waals surface area (Å²) in [5.41, 5.74) is -0.394. The minimum Gasteiger partial charge on any atom is -0.478 e. The molecule has 0 atom stereocenters. The van der Waals surface area contributed by atoms with Crippen molar-refractivity contribution in [2.45, 2.75) is 0 Å². The van der Waals surface area contributed by atoms with E-state index in [4.69, 9.17) is 5.11 Å². The lowest BCUT2D eigenvalue weighted by molar-refractivity contribution is 0.0575. The Balaban J connectivity index is 3.28. The second-order valence-electron chi connectivity index (χ2n) is 2.35. The van der Waals surface area contributed by atoms with E-state index in [9.17, 15) is 9.59 Å². The first-order valence-electron chi connectivity index (χ1n) is 3.53. The molecule has 0 saturated carbocycles. The van der Waals surface area contributed by atoms with Crippen LogP contribution in [-0.4, -0.2) is 29.1 Å². The van der Waals surface area contributed by atoms with E-state index in [1.54, 1.807) is 0 Å². The lowest BCUT2D eigenvalue weighted by Crippen LogP contribution is -2.12. The number of esters is 1. The minimum absolute atomic E-state index is 0.189. The van der Waals surface area contributed by atoms with Crippen LogP contribution in [0.25, 0.3) is 0 Å². The summed E-state index contributed by atoms with van der Waals surface area (Å²) in [6.07, 6.45) is 1.33. The number of rotatable bonds is 2. The van der Waals surface area contributed by atoms with E-state index in [1.807, 2.05) is 0 Å². The van der Waals surface area contributed by atoms with Crippen LogP contribution in [0, 0.1) is 0 Å². The van der Waals surface area contributed by atoms with Gasteiger partial charge in [0.2, 0.25) is 0 Å². The van der Waals surface area contributed by atoms with Crippen LogP contribution in [0.4, 0.5) is 0 Å². The number of methoxy groups -OCH3 is 1. The highest BCUT2D eigenvalue weighted by Gasteiger charge is 2.18. The van der Waals surface area contributed by atoms with Crippen LogP contribution in [0.5, 0.6) is 0 Å². The third-order valence-corrected chi connectivity index (χ3v) is 1.90. The summed E-state index contributed by atoms with van der Waals surface area (Å²) in [6, 6.07) is 1.29. The van der Waals surface area contributed by atoms with Crippen LogP contribution in [-0.2, 0) is 4.74 Å². The van der Waals surface area contributed by atoms with Gasteiger partial charge >= 0.3 is 11.9 Å². The standard InChI is InChI=1S/C8H6BrNO4/c1-14-8(13)6-5(7(11)12)2-4(9)3-10-6/h2-3H,1H3,(H,11,12). The zero-order valence-electron chi connectivity index (χ0n) is 7.15. The fourth-order valence-corrected chi connectivity index (χ4v) is 1.19. The Hall–Kier alpha value is -1.43. The van der Waals surface area contributed by atoms with Crippen LogP contribution in [0.2, 0.25) is 0 Å². The van der Waals surface area contributed by atoms with Gasteiger partial charge in [0, 0.05) is 10.7 Å². The number of carboxylic acid groups (broad SMARTS) is 1. The van der Waals surface area contributed by atoms with Gasteiger partial charge in [-0.15, -0.1) is 0 Å². The average Bonchev–Trinajstić information content (AvgIpc) is 2.16. The maximum atomic E-state index is 11.1. The molecule has 5 nitrogen and oxygen atoms in total. The summed E-state index contributed by atoms with van der Waals surface area (Å²) in [4.78, 5) is 25.5. The van der Waals surface area contributed by atoms with E-state index in [-0.39, 0.29) is 11.3 Å². The molecule has 0 saturated heterocycles. The highest BCUT2D eigenvalue weighted by Crippen LogP contribution is 2.14. The van der Waals surface area contributed by atoms with E-state index in [0.29, 0.717) is 4.47 Å². The summed E-state index contributed by atoms with van der Waals surface area (Å²) in [5.74, 6) is -1.99. The van der Waals surface area contributed by atoms with Crippen molar-refractivity contribution in [1.29, 1.82) is 0 Å². The Bertz CT molecular complexity index is 391. The number of halogens is 1. The van der Waals surface area contributed by atoms with Crippen molar-refractivity contribution >= 4 is 27.9 Å². The molecule has 0 aliphatic rings. The molecule has 74 valence electrons. The lowest BCUT2D eigenvalue weighted by atomic mass is 10.2. The third kappa shape index (κ3) is 2.08. The quantitative estimate of drug-likeness (QED) is 0.811. The summed E-state index contributed by atoms with van der Waals surface area (Å²) in [6.45, 7) is 0. The zero-order valence-corrected chi connectivity index (χ0v) is 8.74. The molecule has 0 fully saturated rings. The first-order chi connectivity index (χ1) is 6.56. The summed E-state index contributed by atoms with van der Waals surface area (Å²) < 4.78 is 4.88. The van der Waals surface area contributed by atoms with E-state index < -0.39 is 11.9 Å². The van der Waals surface area contributed by atoms with Crippen LogP contribution < -0.4 is 0 Å². The number of carbonyl (C=O) groups is 2. The van der Waals surface area contributed by atoms with Gasteiger partial charge in [-0.25, -0.2) is 14.6 Å². The molecule has 1 heterocycles. The van der Waals surface area contributed by atoms with E-state index in [2.05, 4.69) is 25.7 Å². The maximum absolute atomic E-state index is 11.1. The van der Waals surface area contributed by atoms with E-state index in [0.717, 1.165) is 7.11 Å². The van der Waals surface area contributed by atoms with Crippen molar-refractivity contribution in [2.24, 2.45) is 0 Å². The van der Waals surface area contributed by atoms with Crippen LogP contribution in [0.1, 0.15) is 20.8 Å². The summed E-state index contributed by atoms with van der Waals surface area (Å²) in [7, 11) is 1.16. The van der Waals surface area contributed by atoms with Crippen molar-refractivity contribution in [1.82, 2.24) is 4.98 Å². The Morgan fingerprint density at radius 1 is 1.57 bits per heavy atom. The molecule has 1 aromatic heterocycles. The molecule has 0 aromatic carbocycles. The van der Waals surface area contributed by atoms with Gasteiger partial charge < -0.3 is 9.84 Å². The van der Waals surface area contributed by atoms with Gasteiger partial charge in [0.1, 0.15) is 0 Å². The molecule has 0 unspecified atom stereocenters. The molecule has 0 aliphatic carbocycles. The van der Waals surface area contributed by atoms with Crippen LogP contribution >= 0.6 is 15.9 Å². The molecule has 0 bridgehead atoms. The first-order valence-corrected chi connectivity index (χ1v) is 4.32. The van der Waals surface area contributed by atoms with Crippen LogP contribution in [0.15, 0.2) is 16.7 Å². The number of hydrogen-bond donors (Lipinski definition) is 1. The van der Waals surface area contributed by atoms with E-state index >= 15 is 0 Å². The largest absolute Gasteiger partial charge is 0.478 e. The number of pyridine rings is 1. The molecule has 0 radical (unpaired) electrons. The second-order valence-corrected chi connectivity index (χ2v) is 3.26. The second kappa shape index (κ2) is 4.19. The minimum atomic E-state index is -1.22. The predicted octanol–water partition coefficient (Wildman–Crippen LogP) is 1.33. The van der Waals surface area contributed by atoms with Crippen molar-refractivity contribution in [3.05, 3.63) is 28.0 Å². The van der Waals surface area contributed by atoms with Gasteiger partial charge in [0.15, 0.2) is 5.69 Å². The van der Waals surface area contributed by atoms with Crippen LogP contribution in [0.3, 0.4) is 0 Å². The normalized spacial score (nSPS) is 9.57. The summed E-state index contributed by atoms with van der Waals surface area (Å²) in [5, 5.41) is 8.77. The summed E-state index contributed by atoms with van der Waals surface area (Å²) >= 11 is 3.06. The monoisotopic (exact) mass is 259 g/mol. The molecule has 1 rings (SSSR count). The Morgan fingerprint density at radius 3 is 2.71 bits per heavy atom. The van der Waals surface area contributed by atoms with E-state index in [1.165, 1.54) is 12.3 Å².